The lowest BCUT2D eigenvalue weighted by Crippen LogP contribution is -2.45. The number of benzene rings is 2. The Morgan fingerprint density at radius 3 is 2.81 bits per heavy atom. The summed E-state index contributed by atoms with van der Waals surface area (Å²) in [5.41, 5.74) is 2.54. The lowest BCUT2D eigenvalue weighted by molar-refractivity contribution is -0.126. The van der Waals surface area contributed by atoms with Gasteiger partial charge in [-0.1, -0.05) is 11.6 Å². The van der Waals surface area contributed by atoms with E-state index in [1.807, 2.05) is 31.2 Å². The minimum absolute atomic E-state index is 0.107. The van der Waals surface area contributed by atoms with Gasteiger partial charge in [-0.3, -0.25) is 9.78 Å². The van der Waals surface area contributed by atoms with Crippen molar-refractivity contribution < 1.29 is 17.9 Å². The third kappa shape index (κ3) is 5.91. The van der Waals surface area contributed by atoms with E-state index in [4.69, 9.17) is 16.3 Å². The van der Waals surface area contributed by atoms with Gasteiger partial charge in [0.15, 0.2) is 0 Å². The van der Waals surface area contributed by atoms with Crippen molar-refractivity contribution in [3.8, 4) is 5.75 Å². The van der Waals surface area contributed by atoms with Gasteiger partial charge < -0.3 is 15.4 Å². The summed E-state index contributed by atoms with van der Waals surface area (Å²) in [5.74, 6) is 0.167. The molecular weight excluding hydrogens is 500 g/mol. The number of nitrogens with one attached hydrogen (secondary N) is 2. The molecule has 1 saturated heterocycles. The number of hydrogen-bond donors (Lipinski definition) is 2. The maximum Gasteiger partial charge on any atom is 0.243 e. The molecule has 0 saturated carbocycles. The number of hydrogen-bond acceptors (Lipinski definition) is 6. The van der Waals surface area contributed by atoms with Crippen LogP contribution in [-0.2, 0) is 14.8 Å². The summed E-state index contributed by atoms with van der Waals surface area (Å²) in [6, 6.07) is 12.3. The predicted octanol–water partition coefficient (Wildman–Crippen LogP) is 4.22. The van der Waals surface area contributed by atoms with Gasteiger partial charge >= 0.3 is 0 Å². The van der Waals surface area contributed by atoms with Crippen LogP contribution in [0, 0.1) is 12.8 Å². The zero-order valence-corrected chi connectivity index (χ0v) is 22.0. The molecule has 1 amide bonds. The van der Waals surface area contributed by atoms with Crippen LogP contribution in [0.15, 0.2) is 53.6 Å². The number of nitrogens with zero attached hydrogens (tertiary/aromatic N) is 2. The molecule has 1 aromatic heterocycles. The average Bonchev–Trinajstić information content (AvgIpc) is 2.88. The second kappa shape index (κ2) is 11.5. The Balaban J connectivity index is 1.28. The SMILES string of the molecule is COc1ccc(S(=O)(=O)N2CCCC(C(=O)NCCCNc3ccnc4cc(Cl)ccc34)C2)cc1C. The summed E-state index contributed by atoms with van der Waals surface area (Å²) in [5, 5.41) is 7.99. The second-order valence-electron chi connectivity index (χ2n) is 8.92. The molecule has 2 heterocycles. The predicted molar refractivity (Wildman–Crippen MR) is 142 cm³/mol. The largest absolute Gasteiger partial charge is 0.496 e. The van der Waals surface area contributed by atoms with E-state index in [0.717, 1.165) is 28.6 Å². The fourth-order valence-corrected chi connectivity index (χ4v) is 6.25. The number of anilines is 1. The maximum atomic E-state index is 13.2. The van der Waals surface area contributed by atoms with E-state index in [0.29, 0.717) is 43.2 Å². The van der Waals surface area contributed by atoms with Gasteiger partial charge in [0, 0.05) is 48.5 Å². The summed E-state index contributed by atoms with van der Waals surface area (Å²) >= 11 is 6.05. The first-order valence-electron chi connectivity index (χ1n) is 12.0. The van der Waals surface area contributed by atoms with Gasteiger partial charge in [-0.2, -0.15) is 4.31 Å². The van der Waals surface area contributed by atoms with Crippen molar-refractivity contribution in [1.82, 2.24) is 14.6 Å². The van der Waals surface area contributed by atoms with E-state index in [1.54, 1.807) is 31.5 Å². The highest BCUT2D eigenvalue weighted by Crippen LogP contribution is 2.27. The minimum atomic E-state index is -3.68. The number of sulfonamides is 1. The second-order valence-corrected chi connectivity index (χ2v) is 11.3. The van der Waals surface area contributed by atoms with Crippen LogP contribution in [0.2, 0.25) is 5.02 Å². The van der Waals surface area contributed by atoms with Crippen molar-refractivity contribution in [3.63, 3.8) is 0 Å². The van der Waals surface area contributed by atoms with Crippen molar-refractivity contribution in [2.24, 2.45) is 5.92 Å². The van der Waals surface area contributed by atoms with Gasteiger partial charge in [-0.15, -0.1) is 0 Å². The van der Waals surface area contributed by atoms with E-state index in [9.17, 15) is 13.2 Å². The van der Waals surface area contributed by atoms with E-state index in [2.05, 4.69) is 15.6 Å². The molecule has 0 radical (unpaired) electrons. The van der Waals surface area contributed by atoms with Crippen LogP contribution in [0.1, 0.15) is 24.8 Å². The Morgan fingerprint density at radius 2 is 2.03 bits per heavy atom. The molecule has 3 aromatic rings. The number of halogens is 1. The Morgan fingerprint density at radius 1 is 1.19 bits per heavy atom. The fraction of sp³-hybridized carbons (Fsp3) is 0.385. The molecular formula is C26H31ClN4O4S. The Kier molecular flexibility index (Phi) is 8.33. The zero-order valence-electron chi connectivity index (χ0n) is 20.5. The Bertz CT molecular complexity index is 1350. The first-order valence-corrected chi connectivity index (χ1v) is 13.8. The topological polar surface area (TPSA) is 101 Å². The standard InChI is InChI=1S/C26H31ClN4O4S/c1-18-15-21(7-9-25(18)35-2)36(33,34)31-14-3-5-19(17-31)26(32)30-12-4-11-28-23-10-13-29-24-16-20(27)6-8-22(23)24/h6-10,13,15-16,19H,3-5,11-12,14,17H2,1-2H3,(H,28,29)(H,30,32). The number of methoxy groups -OCH3 is 1. The summed E-state index contributed by atoms with van der Waals surface area (Å²) < 4.78 is 33.0. The average molecular weight is 531 g/mol. The number of fused-ring (bicyclic) bond motifs is 1. The van der Waals surface area contributed by atoms with Crippen LogP contribution in [0.25, 0.3) is 10.9 Å². The number of piperidine rings is 1. The normalized spacial score (nSPS) is 16.6. The van der Waals surface area contributed by atoms with Gasteiger partial charge in [-0.25, -0.2) is 8.42 Å². The van der Waals surface area contributed by atoms with Crippen molar-refractivity contribution >= 4 is 44.1 Å². The number of aryl methyl sites for hydroxylation is 1. The molecule has 2 N–H and O–H groups in total. The molecule has 8 nitrogen and oxygen atoms in total. The smallest absolute Gasteiger partial charge is 0.243 e. The molecule has 0 aliphatic carbocycles. The van der Waals surface area contributed by atoms with Crippen molar-refractivity contribution in [3.05, 3.63) is 59.2 Å². The first-order chi connectivity index (χ1) is 17.3. The van der Waals surface area contributed by atoms with E-state index in [-0.39, 0.29) is 23.3 Å². The highest BCUT2D eigenvalue weighted by molar-refractivity contribution is 7.89. The molecule has 36 heavy (non-hydrogen) atoms. The first kappa shape index (κ1) is 26.2. The van der Waals surface area contributed by atoms with Crippen molar-refractivity contribution in [2.45, 2.75) is 31.1 Å². The number of ether oxygens (including phenoxy) is 1. The maximum absolute atomic E-state index is 13.2. The third-order valence-corrected chi connectivity index (χ3v) is 8.53. The van der Waals surface area contributed by atoms with Crippen LogP contribution in [-0.4, -0.2) is 56.9 Å². The molecule has 1 fully saturated rings. The monoisotopic (exact) mass is 530 g/mol. The summed E-state index contributed by atoms with van der Waals surface area (Å²) in [6.45, 7) is 3.58. The van der Waals surface area contributed by atoms with Crippen molar-refractivity contribution in [2.75, 3.05) is 38.6 Å². The van der Waals surface area contributed by atoms with E-state index < -0.39 is 10.0 Å². The number of pyridine rings is 1. The van der Waals surface area contributed by atoms with Gasteiger partial charge in [0.1, 0.15) is 5.75 Å². The fourth-order valence-electron chi connectivity index (χ4n) is 4.48. The molecule has 192 valence electrons. The van der Waals surface area contributed by atoms with Crippen LogP contribution in [0.3, 0.4) is 0 Å². The molecule has 2 aromatic carbocycles. The zero-order chi connectivity index (χ0) is 25.7. The molecule has 0 spiro atoms. The van der Waals surface area contributed by atoms with E-state index in [1.165, 1.54) is 4.31 Å². The van der Waals surface area contributed by atoms with E-state index >= 15 is 0 Å². The molecule has 1 aliphatic rings. The quantitative estimate of drug-likeness (QED) is 0.402. The van der Waals surface area contributed by atoms with Crippen molar-refractivity contribution in [1.29, 1.82) is 0 Å². The Hall–Kier alpha value is -2.88. The van der Waals surface area contributed by atoms with Gasteiger partial charge in [0.2, 0.25) is 15.9 Å². The van der Waals surface area contributed by atoms with Gasteiger partial charge in [-0.05, 0) is 74.2 Å². The molecule has 10 heteroatoms. The number of aromatic nitrogens is 1. The summed E-state index contributed by atoms with van der Waals surface area (Å²) in [7, 11) is -2.13. The number of amides is 1. The van der Waals surface area contributed by atoms with Crippen LogP contribution in [0.5, 0.6) is 5.75 Å². The molecule has 1 aliphatic heterocycles. The minimum Gasteiger partial charge on any atom is -0.496 e. The van der Waals surface area contributed by atoms with Crippen LogP contribution >= 0.6 is 11.6 Å². The number of carbonyl (C=O) groups is 1. The lowest BCUT2D eigenvalue weighted by atomic mass is 9.99. The summed E-state index contributed by atoms with van der Waals surface area (Å²) in [4.78, 5) is 17.4. The molecule has 0 bridgehead atoms. The van der Waals surface area contributed by atoms with Gasteiger partial charge in [0.05, 0.1) is 23.4 Å². The summed E-state index contributed by atoms with van der Waals surface area (Å²) in [6.07, 6.45) is 3.78. The Labute approximate surface area is 217 Å². The molecule has 1 atom stereocenters. The molecule has 1 unspecified atom stereocenters. The van der Waals surface area contributed by atoms with Gasteiger partial charge in [0.25, 0.3) is 0 Å². The van der Waals surface area contributed by atoms with Crippen LogP contribution < -0.4 is 15.4 Å². The number of rotatable bonds is 9. The highest BCUT2D eigenvalue weighted by Gasteiger charge is 2.33. The third-order valence-electron chi connectivity index (χ3n) is 6.43. The highest BCUT2D eigenvalue weighted by atomic mass is 35.5. The lowest BCUT2D eigenvalue weighted by Gasteiger charge is -2.31. The van der Waals surface area contributed by atoms with Crippen LogP contribution in [0.4, 0.5) is 5.69 Å². The number of carbonyl (C=O) groups excluding carboxylic acids is 1. The molecule has 4 rings (SSSR count).